The Hall–Kier alpha value is -1.52. The van der Waals surface area contributed by atoms with Gasteiger partial charge in [-0.25, -0.2) is 4.79 Å². The molecule has 0 aliphatic heterocycles. The molecule has 2 N–H and O–H groups in total. The molecule has 0 aliphatic carbocycles. The summed E-state index contributed by atoms with van der Waals surface area (Å²) in [6.07, 6.45) is 2.53. The molecule has 1 amide bonds. The van der Waals surface area contributed by atoms with Gasteiger partial charge in [0, 0.05) is 52.0 Å². The van der Waals surface area contributed by atoms with Gasteiger partial charge in [-0.1, -0.05) is 27.7 Å². The van der Waals surface area contributed by atoms with Crippen LogP contribution >= 0.6 is 24.0 Å². The molecule has 1 aromatic rings. The summed E-state index contributed by atoms with van der Waals surface area (Å²) in [6, 6.07) is -0.0335. The number of aliphatic imine (C=N–C) groups is 1. The summed E-state index contributed by atoms with van der Waals surface area (Å²) in [5.41, 5.74) is 2.29. The molecule has 0 spiro atoms. The van der Waals surface area contributed by atoms with Crippen molar-refractivity contribution in [3.8, 4) is 0 Å². The molecule has 0 saturated carbocycles. The minimum atomic E-state index is -0.379. The Balaban J connectivity index is 0.00000784. The minimum absolute atomic E-state index is 0. The third-order valence-electron chi connectivity index (χ3n) is 4.32. The normalized spacial score (nSPS) is 12.6. The Kier molecular flexibility index (Phi) is 12.9. The van der Waals surface area contributed by atoms with E-state index in [4.69, 9.17) is 4.74 Å². The number of ether oxygens (including phenoxy) is 1. The van der Waals surface area contributed by atoms with E-state index in [1.165, 1.54) is 5.56 Å². The summed E-state index contributed by atoms with van der Waals surface area (Å²) < 4.78 is 6.88. The molecular formula is C20H39IN6O2. The summed E-state index contributed by atoms with van der Waals surface area (Å²) in [4.78, 5) is 18.3. The highest BCUT2D eigenvalue weighted by Gasteiger charge is 2.18. The quantitative estimate of drug-likeness (QED) is 0.296. The fraction of sp³-hybridized carbons (Fsp3) is 0.750. The third kappa shape index (κ3) is 9.68. The van der Waals surface area contributed by atoms with Crippen LogP contribution in [0.25, 0.3) is 0 Å². The van der Waals surface area contributed by atoms with Gasteiger partial charge in [-0.2, -0.15) is 5.10 Å². The number of nitrogens with one attached hydrogen (secondary N) is 2. The molecule has 0 aromatic carbocycles. The van der Waals surface area contributed by atoms with E-state index >= 15 is 0 Å². The highest BCUT2D eigenvalue weighted by Crippen LogP contribution is 2.18. The summed E-state index contributed by atoms with van der Waals surface area (Å²) >= 11 is 0. The van der Waals surface area contributed by atoms with Crippen LogP contribution in [-0.4, -0.2) is 60.0 Å². The first-order chi connectivity index (χ1) is 13.2. The molecule has 1 rings (SSSR count). The number of amides is 1. The van der Waals surface area contributed by atoms with Gasteiger partial charge in [0.1, 0.15) is 0 Å². The van der Waals surface area contributed by atoms with Crippen LogP contribution in [0, 0.1) is 5.92 Å². The second-order valence-electron chi connectivity index (χ2n) is 7.84. The van der Waals surface area contributed by atoms with Gasteiger partial charge in [0.2, 0.25) is 0 Å². The van der Waals surface area contributed by atoms with Crippen LogP contribution in [0.5, 0.6) is 0 Å². The summed E-state index contributed by atoms with van der Waals surface area (Å²) in [7, 11) is 5.71. The second kappa shape index (κ2) is 13.7. The van der Waals surface area contributed by atoms with Crippen molar-refractivity contribution in [1.82, 2.24) is 25.3 Å². The van der Waals surface area contributed by atoms with Gasteiger partial charge in [0.15, 0.2) is 5.96 Å². The first-order valence-corrected chi connectivity index (χ1v) is 10.0. The van der Waals surface area contributed by atoms with E-state index in [0.717, 1.165) is 18.1 Å². The summed E-state index contributed by atoms with van der Waals surface area (Å²) in [6.45, 7) is 12.0. The largest absolute Gasteiger partial charge is 0.450 e. The van der Waals surface area contributed by atoms with Crippen LogP contribution in [0.1, 0.15) is 58.2 Å². The smallest absolute Gasteiger partial charge is 0.407 e. The predicted octanol–water partition coefficient (Wildman–Crippen LogP) is 3.33. The minimum Gasteiger partial charge on any atom is -0.450 e. The number of carbonyl (C=O) groups excluding carboxylic acids is 1. The van der Waals surface area contributed by atoms with Crippen LogP contribution in [0.3, 0.4) is 0 Å². The second-order valence-corrected chi connectivity index (χ2v) is 7.84. The van der Waals surface area contributed by atoms with Gasteiger partial charge < -0.3 is 20.3 Å². The van der Waals surface area contributed by atoms with Crippen molar-refractivity contribution < 1.29 is 9.53 Å². The van der Waals surface area contributed by atoms with Gasteiger partial charge >= 0.3 is 6.09 Å². The highest BCUT2D eigenvalue weighted by atomic mass is 127. The van der Waals surface area contributed by atoms with Gasteiger partial charge in [0.25, 0.3) is 0 Å². The van der Waals surface area contributed by atoms with Crippen LogP contribution in [0.15, 0.2) is 11.2 Å². The van der Waals surface area contributed by atoms with Crippen molar-refractivity contribution in [3.05, 3.63) is 17.5 Å². The lowest BCUT2D eigenvalue weighted by molar-refractivity contribution is 0.146. The van der Waals surface area contributed by atoms with Crippen molar-refractivity contribution in [2.45, 2.75) is 59.5 Å². The monoisotopic (exact) mass is 522 g/mol. The number of carbonyl (C=O) groups is 1. The number of aryl methyl sites for hydroxylation is 1. The lowest BCUT2D eigenvalue weighted by Crippen LogP contribution is -2.48. The Morgan fingerprint density at radius 1 is 1.34 bits per heavy atom. The fourth-order valence-electron chi connectivity index (χ4n) is 3.19. The van der Waals surface area contributed by atoms with Crippen molar-refractivity contribution in [2.75, 3.05) is 27.2 Å². The maximum absolute atomic E-state index is 11.8. The maximum atomic E-state index is 11.8. The van der Waals surface area contributed by atoms with E-state index in [2.05, 4.69) is 59.5 Å². The van der Waals surface area contributed by atoms with Gasteiger partial charge in [-0.3, -0.25) is 9.67 Å². The summed E-state index contributed by atoms with van der Waals surface area (Å²) in [5.74, 6) is 1.60. The number of guanidine groups is 1. The molecule has 0 bridgehead atoms. The highest BCUT2D eigenvalue weighted by molar-refractivity contribution is 14.0. The third-order valence-corrected chi connectivity index (χ3v) is 4.32. The molecule has 0 aliphatic rings. The fourth-order valence-corrected chi connectivity index (χ4v) is 3.19. The average molecular weight is 522 g/mol. The molecule has 9 heteroatoms. The molecule has 1 atom stereocenters. The molecule has 1 aromatic heterocycles. The first kappa shape index (κ1) is 27.5. The zero-order chi connectivity index (χ0) is 21.3. The van der Waals surface area contributed by atoms with Crippen molar-refractivity contribution in [3.63, 3.8) is 0 Å². The zero-order valence-corrected chi connectivity index (χ0v) is 21.5. The van der Waals surface area contributed by atoms with Crippen LogP contribution < -0.4 is 10.6 Å². The molecule has 8 nitrogen and oxygen atoms in total. The first-order valence-electron chi connectivity index (χ1n) is 10.0. The summed E-state index contributed by atoms with van der Waals surface area (Å²) in [5, 5.41) is 10.9. The standard InChI is InChI=1S/C20H38N6O2.HI/c1-9-28-20(27)23-17(10-14(2)3)11-22-19(21-6)25(7)12-16-13-26(8)24-18(16)15(4)5;/h13-15,17H,9-12H2,1-8H3,(H,21,22)(H,23,27);1H. The number of hydrogen-bond acceptors (Lipinski definition) is 4. The van der Waals surface area contributed by atoms with Crippen LogP contribution in [0.4, 0.5) is 4.79 Å². The lowest BCUT2D eigenvalue weighted by Gasteiger charge is -2.26. The molecule has 0 radical (unpaired) electrons. The van der Waals surface area contributed by atoms with Crippen molar-refractivity contribution in [2.24, 2.45) is 18.0 Å². The average Bonchev–Trinajstić information content (AvgIpc) is 2.95. The molecular weight excluding hydrogens is 483 g/mol. The number of halogens is 1. The van der Waals surface area contributed by atoms with Crippen LogP contribution in [0.2, 0.25) is 0 Å². The van der Waals surface area contributed by atoms with Crippen LogP contribution in [-0.2, 0) is 18.3 Å². The van der Waals surface area contributed by atoms with E-state index in [-0.39, 0.29) is 36.1 Å². The van der Waals surface area contributed by atoms with Gasteiger partial charge in [0.05, 0.1) is 12.3 Å². The van der Waals surface area contributed by atoms with Gasteiger partial charge in [-0.15, -0.1) is 24.0 Å². The molecule has 29 heavy (non-hydrogen) atoms. The number of rotatable bonds is 9. The molecule has 1 unspecified atom stereocenters. The maximum Gasteiger partial charge on any atom is 0.407 e. The number of nitrogens with zero attached hydrogens (tertiary/aromatic N) is 4. The van der Waals surface area contributed by atoms with E-state index < -0.39 is 0 Å². The Labute approximate surface area is 192 Å². The Bertz CT molecular complexity index is 645. The topological polar surface area (TPSA) is 83.8 Å². The van der Waals surface area contributed by atoms with Gasteiger partial charge in [-0.05, 0) is 25.2 Å². The zero-order valence-electron chi connectivity index (χ0n) is 19.2. The number of hydrogen-bond donors (Lipinski definition) is 2. The van der Waals surface area contributed by atoms with E-state index in [0.29, 0.717) is 31.5 Å². The number of aromatic nitrogens is 2. The predicted molar refractivity (Wildman–Crippen MR) is 129 cm³/mol. The molecule has 0 fully saturated rings. The van der Waals surface area contributed by atoms with Crippen molar-refractivity contribution >= 4 is 36.0 Å². The number of alkyl carbamates (subject to hydrolysis) is 1. The Morgan fingerprint density at radius 2 is 2.00 bits per heavy atom. The van der Waals surface area contributed by atoms with E-state index in [9.17, 15) is 4.79 Å². The molecule has 1 heterocycles. The van der Waals surface area contributed by atoms with E-state index in [1.807, 2.05) is 18.8 Å². The molecule has 168 valence electrons. The SMILES string of the molecule is CCOC(=O)NC(CNC(=NC)N(C)Cc1cn(C)nc1C(C)C)CC(C)C.I. The molecule has 0 saturated heterocycles. The van der Waals surface area contributed by atoms with E-state index in [1.54, 1.807) is 14.0 Å². The Morgan fingerprint density at radius 3 is 2.52 bits per heavy atom. The van der Waals surface area contributed by atoms with Crippen molar-refractivity contribution in [1.29, 1.82) is 0 Å². The lowest BCUT2D eigenvalue weighted by atomic mass is 10.0.